The minimum Gasteiger partial charge on any atom is -0.352 e. The van der Waals surface area contributed by atoms with Gasteiger partial charge in [-0.2, -0.15) is 0 Å². The maximum atomic E-state index is 13.1. The van der Waals surface area contributed by atoms with Crippen LogP contribution in [0.25, 0.3) is 0 Å². The van der Waals surface area contributed by atoms with Crippen molar-refractivity contribution in [3.05, 3.63) is 69.7 Å². The molecule has 0 bridgehead atoms. The molecule has 2 atom stereocenters. The Hall–Kier alpha value is -2.04. The lowest BCUT2D eigenvalue weighted by Crippen LogP contribution is -2.50. The average molecular weight is 435 g/mol. The van der Waals surface area contributed by atoms with Crippen molar-refractivity contribution in [3.63, 3.8) is 0 Å². The van der Waals surface area contributed by atoms with Gasteiger partial charge in [-0.3, -0.25) is 9.59 Å². The number of halogens is 2. The fourth-order valence-electron chi connectivity index (χ4n) is 2.97. The lowest BCUT2D eigenvalue weighted by Gasteiger charge is -2.30. The van der Waals surface area contributed by atoms with Crippen molar-refractivity contribution in [3.8, 4) is 0 Å². The van der Waals surface area contributed by atoms with Crippen LogP contribution in [-0.2, 0) is 22.4 Å². The first-order chi connectivity index (χ1) is 13.8. The summed E-state index contributed by atoms with van der Waals surface area (Å²) >= 11 is 12.2. The summed E-state index contributed by atoms with van der Waals surface area (Å²) in [6.45, 7) is 6.18. The van der Waals surface area contributed by atoms with E-state index in [9.17, 15) is 9.59 Å². The van der Waals surface area contributed by atoms with Crippen LogP contribution in [0.4, 0.5) is 0 Å². The van der Waals surface area contributed by atoms with E-state index in [0.717, 1.165) is 12.0 Å². The van der Waals surface area contributed by atoms with Crippen LogP contribution in [-0.4, -0.2) is 35.3 Å². The third-order valence-corrected chi connectivity index (χ3v) is 5.60. The fraction of sp³-hybridized carbons (Fsp3) is 0.391. The first-order valence-corrected chi connectivity index (χ1v) is 10.6. The second kappa shape index (κ2) is 11.2. The van der Waals surface area contributed by atoms with Gasteiger partial charge in [-0.05, 0) is 49.9 Å². The second-order valence-electron chi connectivity index (χ2n) is 7.23. The van der Waals surface area contributed by atoms with Crippen LogP contribution in [0.2, 0.25) is 10.0 Å². The normalized spacial score (nSPS) is 12.9. The van der Waals surface area contributed by atoms with Gasteiger partial charge in [0.15, 0.2) is 0 Å². The average Bonchev–Trinajstić information content (AvgIpc) is 2.70. The Bertz CT molecular complexity index is 827. The molecule has 0 saturated carbocycles. The zero-order valence-corrected chi connectivity index (χ0v) is 18.6. The van der Waals surface area contributed by atoms with Gasteiger partial charge in [0, 0.05) is 22.6 Å². The third kappa shape index (κ3) is 7.06. The number of nitrogens with one attached hydrogen (secondary N) is 1. The van der Waals surface area contributed by atoms with E-state index in [0.29, 0.717) is 28.6 Å². The van der Waals surface area contributed by atoms with Gasteiger partial charge in [0.2, 0.25) is 11.8 Å². The third-order valence-electron chi connectivity index (χ3n) is 5.01. The maximum Gasteiger partial charge on any atom is 0.242 e. The molecule has 0 radical (unpaired) electrons. The number of rotatable bonds is 9. The first kappa shape index (κ1) is 23.2. The number of hydrogen-bond donors (Lipinski definition) is 1. The quantitative estimate of drug-likeness (QED) is 0.609. The molecule has 29 heavy (non-hydrogen) atoms. The predicted molar refractivity (Wildman–Crippen MR) is 119 cm³/mol. The van der Waals surface area contributed by atoms with Crippen LogP contribution < -0.4 is 5.32 Å². The summed E-state index contributed by atoms with van der Waals surface area (Å²) in [6.07, 6.45) is 1.62. The van der Waals surface area contributed by atoms with Crippen LogP contribution in [0.1, 0.15) is 38.3 Å². The van der Waals surface area contributed by atoms with Crippen molar-refractivity contribution < 1.29 is 9.59 Å². The molecule has 0 aromatic heterocycles. The van der Waals surface area contributed by atoms with Crippen LogP contribution in [0.5, 0.6) is 0 Å². The molecule has 0 aliphatic rings. The van der Waals surface area contributed by atoms with Crippen LogP contribution >= 0.6 is 23.2 Å². The number of hydrogen-bond acceptors (Lipinski definition) is 2. The molecule has 0 aliphatic carbocycles. The molecular weight excluding hydrogens is 407 g/mol. The molecule has 6 heteroatoms. The van der Waals surface area contributed by atoms with E-state index in [1.807, 2.05) is 44.2 Å². The smallest absolute Gasteiger partial charge is 0.242 e. The van der Waals surface area contributed by atoms with Crippen molar-refractivity contribution in [1.82, 2.24) is 10.2 Å². The predicted octanol–water partition coefficient (Wildman–Crippen LogP) is 4.91. The summed E-state index contributed by atoms with van der Waals surface area (Å²) in [6, 6.07) is 14.5. The molecule has 2 aromatic carbocycles. The Morgan fingerprint density at radius 3 is 2.38 bits per heavy atom. The zero-order chi connectivity index (χ0) is 21.4. The standard InChI is InChI=1S/C23H28Cl2N2O2/c1-4-16(2)26-23(29)17(3)27(13-12-18-8-6-5-7-9-18)22(28)14-19-10-11-20(24)15-21(19)25/h5-11,15-17H,4,12-14H2,1-3H3,(H,26,29)/t16-,17+/m1/s1. The summed E-state index contributed by atoms with van der Waals surface area (Å²) in [5.41, 5.74) is 1.81. The van der Waals surface area contributed by atoms with E-state index in [2.05, 4.69) is 5.32 Å². The van der Waals surface area contributed by atoms with Crippen molar-refractivity contribution in [2.24, 2.45) is 0 Å². The fourth-order valence-corrected chi connectivity index (χ4v) is 3.44. The highest BCUT2D eigenvalue weighted by molar-refractivity contribution is 6.35. The molecule has 0 spiro atoms. The van der Waals surface area contributed by atoms with Crippen molar-refractivity contribution >= 4 is 35.0 Å². The van der Waals surface area contributed by atoms with Crippen LogP contribution in [0, 0.1) is 0 Å². The molecule has 1 N–H and O–H groups in total. The zero-order valence-electron chi connectivity index (χ0n) is 17.1. The molecule has 0 aliphatic heterocycles. The Labute approximate surface area is 183 Å². The lowest BCUT2D eigenvalue weighted by molar-refractivity contribution is -0.139. The van der Waals surface area contributed by atoms with Gasteiger partial charge >= 0.3 is 0 Å². The summed E-state index contributed by atoms with van der Waals surface area (Å²) in [4.78, 5) is 27.4. The van der Waals surface area contributed by atoms with E-state index < -0.39 is 6.04 Å². The second-order valence-corrected chi connectivity index (χ2v) is 8.07. The van der Waals surface area contributed by atoms with E-state index in [1.165, 1.54) is 0 Å². The van der Waals surface area contributed by atoms with E-state index >= 15 is 0 Å². The number of carbonyl (C=O) groups excluding carboxylic acids is 2. The highest BCUT2D eigenvalue weighted by Gasteiger charge is 2.26. The molecule has 0 saturated heterocycles. The molecule has 2 rings (SSSR count). The molecule has 2 amide bonds. The van der Waals surface area contributed by atoms with Gasteiger partial charge in [0.05, 0.1) is 6.42 Å². The molecule has 2 aromatic rings. The Morgan fingerprint density at radius 2 is 1.76 bits per heavy atom. The molecule has 4 nitrogen and oxygen atoms in total. The monoisotopic (exact) mass is 434 g/mol. The van der Waals surface area contributed by atoms with Crippen LogP contribution in [0.15, 0.2) is 48.5 Å². The lowest BCUT2D eigenvalue weighted by atomic mass is 10.1. The van der Waals surface area contributed by atoms with Gasteiger partial charge in [-0.15, -0.1) is 0 Å². The van der Waals surface area contributed by atoms with E-state index in [-0.39, 0.29) is 24.3 Å². The summed E-state index contributed by atoms with van der Waals surface area (Å²) in [7, 11) is 0. The Balaban J connectivity index is 2.17. The summed E-state index contributed by atoms with van der Waals surface area (Å²) in [5, 5.41) is 3.94. The van der Waals surface area contributed by atoms with Crippen molar-refractivity contribution in [1.29, 1.82) is 0 Å². The molecule has 0 unspecified atom stereocenters. The molecule has 0 fully saturated rings. The van der Waals surface area contributed by atoms with Crippen molar-refractivity contribution in [2.45, 2.75) is 52.1 Å². The highest BCUT2D eigenvalue weighted by atomic mass is 35.5. The van der Waals surface area contributed by atoms with Gasteiger partial charge < -0.3 is 10.2 Å². The molecule has 0 heterocycles. The Morgan fingerprint density at radius 1 is 1.07 bits per heavy atom. The molecular formula is C23H28Cl2N2O2. The topological polar surface area (TPSA) is 49.4 Å². The molecule has 156 valence electrons. The van der Waals surface area contributed by atoms with Crippen molar-refractivity contribution in [2.75, 3.05) is 6.54 Å². The number of amides is 2. The van der Waals surface area contributed by atoms with Gasteiger partial charge in [0.25, 0.3) is 0 Å². The minimum atomic E-state index is -0.578. The first-order valence-electron chi connectivity index (χ1n) is 9.89. The Kier molecular flexibility index (Phi) is 8.99. The van der Waals surface area contributed by atoms with Crippen LogP contribution in [0.3, 0.4) is 0 Å². The number of nitrogens with zero attached hydrogens (tertiary/aromatic N) is 1. The van der Waals surface area contributed by atoms with Gasteiger partial charge in [-0.25, -0.2) is 0 Å². The SMILES string of the molecule is CC[C@@H](C)NC(=O)[C@H](C)N(CCc1ccccc1)C(=O)Cc1ccc(Cl)cc1Cl. The van der Waals surface area contributed by atoms with Gasteiger partial charge in [0.1, 0.15) is 6.04 Å². The summed E-state index contributed by atoms with van der Waals surface area (Å²) in [5.74, 6) is -0.292. The van der Waals surface area contributed by atoms with Gasteiger partial charge in [-0.1, -0.05) is 66.5 Å². The largest absolute Gasteiger partial charge is 0.352 e. The van der Waals surface area contributed by atoms with E-state index in [4.69, 9.17) is 23.2 Å². The minimum absolute atomic E-state index is 0.0572. The maximum absolute atomic E-state index is 13.1. The summed E-state index contributed by atoms with van der Waals surface area (Å²) < 4.78 is 0. The van der Waals surface area contributed by atoms with E-state index in [1.54, 1.807) is 30.0 Å². The number of carbonyl (C=O) groups is 2. The number of benzene rings is 2. The highest BCUT2D eigenvalue weighted by Crippen LogP contribution is 2.22.